The lowest BCUT2D eigenvalue weighted by molar-refractivity contribution is -0.133. The SMILES string of the molecule is O=C(Cc1ccc(O[C@@H]2CC[C@@H](NC(=O)[C@]3(F)CNC4(CCC4)C3)C2)c(-c2cccc(F)c2C2CCC2)c1)NS(=O)(=O)C1CC1. The van der Waals surface area contributed by atoms with E-state index in [0.717, 1.165) is 38.5 Å². The fourth-order valence-corrected chi connectivity index (χ4v) is 8.82. The van der Waals surface area contributed by atoms with Gasteiger partial charge in [0.2, 0.25) is 21.6 Å². The molecule has 5 aliphatic rings. The number of hydrogen-bond donors (Lipinski definition) is 3. The number of ether oxygens (including phenoxy) is 1. The zero-order valence-corrected chi connectivity index (χ0v) is 26.2. The van der Waals surface area contributed by atoms with Crippen LogP contribution in [0.4, 0.5) is 8.78 Å². The molecule has 0 unspecified atom stereocenters. The van der Waals surface area contributed by atoms with Gasteiger partial charge in [0.05, 0.1) is 11.7 Å². The minimum absolute atomic E-state index is 0.0443. The van der Waals surface area contributed by atoms with Crippen LogP contribution in [-0.4, -0.2) is 55.4 Å². The van der Waals surface area contributed by atoms with Crippen molar-refractivity contribution < 1.29 is 31.5 Å². The summed E-state index contributed by atoms with van der Waals surface area (Å²) < 4.78 is 64.2. The van der Waals surface area contributed by atoms with E-state index in [2.05, 4.69) is 15.4 Å². The van der Waals surface area contributed by atoms with E-state index in [0.29, 0.717) is 60.1 Å². The van der Waals surface area contributed by atoms with E-state index in [1.165, 1.54) is 6.07 Å². The van der Waals surface area contributed by atoms with Gasteiger partial charge in [0.25, 0.3) is 5.91 Å². The second kappa shape index (κ2) is 11.6. The van der Waals surface area contributed by atoms with Crippen LogP contribution < -0.4 is 20.1 Å². The third-order valence-electron chi connectivity index (χ3n) is 10.6. The molecule has 2 amide bonds. The first-order valence-corrected chi connectivity index (χ1v) is 17.9. The van der Waals surface area contributed by atoms with Crippen molar-refractivity contribution in [1.29, 1.82) is 0 Å². The minimum Gasteiger partial charge on any atom is -0.490 e. The summed E-state index contributed by atoms with van der Waals surface area (Å²) >= 11 is 0. The summed E-state index contributed by atoms with van der Waals surface area (Å²) in [6, 6.07) is 10.1. The quantitative estimate of drug-likeness (QED) is 0.339. The van der Waals surface area contributed by atoms with Crippen LogP contribution in [0.25, 0.3) is 11.1 Å². The molecule has 0 radical (unpaired) electrons. The molecular weight excluding hydrogens is 600 g/mol. The van der Waals surface area contributed by atoms with Crippen molar-refractivity contribution in [3.05, 3.63) is 53.3 Å². The Morgan fingerprint density at radius 1 is 1.00 bits per heavy atom. The average Bonchev–Trinajstić information content (AvgIpc) is 3.62. The highest BCUT2D eigenvalue weighted by Crippen LogP contribution is 2.46. The highest BCUT2D eigenvalue weighted by atomic mass is 32.2. The largest absolute Gasteiger partial charge is 0.490 e. The third-order valence-corrected chi connectivity index (χ3v) is 12.4. The van der Waals surface area contributed by atoms with Gasteiger partial charge in [-0.3, -0.25) is 14.3 Å². The molecule has 1 saturated heterocycles. The van der Waals surface area contributed by atoms with Crippen molar-refractivity contribution in [3.63, 3.8) is 0 Å². The smallest absolute Gasteiger partial charge is 0.259 e. The first-order valence-electron chi connectivity index (χ1n) is 16.4. The van der Waals surface area contributed by atoms with Crippen molar-refractivity contribution in [2.45, 2.75) is 118 Å². The third kappa shape index (κ3) is 6.22. The van der Waals surface area contributed by atoms with Crippen LogP contribution >= 0.6 is 0 Å². The number of amides is 2. The first-order chi connectivity index (χ1) is 21.5. The van der Waals surface area contributed by atoms with E-state index >= 15 is 8.78 Å². The summed E-state index contributed by atoms with van der Waals surface area (Å²) in [6.07, 6.45) is 8.45. The molecule has 242 valence electrons. The maximum absolute atomic E-state index is 15.6. The van der Waals surface area contributed by atoms with Gasteiger partial charge in [-0.05, 0) is 98.6 Å². The summed E-state index contributed by atoms with van der Waals surface area (Å²) in [4.78, 5) is 25.7. The van der Waals surface area contributed by atoms with Crippen LogP contribution in [0.15, 0.2) is 36.4 Å². The summed E-state index contributed by atoms with van der Waals surface area (Å²) in [5, 5.41) is 5.68. The number of hydrogen-bond acceptors (Lipinski definition) is 6. The van der Waals surface area contributed by atoms with E-state index in [4.69, 9.17) is 4.74 Å². The molecule has 5 fully saturated rings. The predicted molar refractivity (Wildman–Crippen MR) is 165 cm³/mol. The lowest BCUT2D eigenvalue weighted by Crippen LogP contribution is -2.49. The molecule has 1 heterocycles. The normalized spacial score (nSPS) is 27.5. The Labute approximate surface area is 263 Å². The highest BCUT2D eigenvalue weighted by Gasteiger charge is 2.55. The van der Waals surface area contributed by atoms with E-state index in [1.807, 2.05) is 6.07 Å². The van der Waals surface area contributed by atoms with Crippen molar-refractivity contribution >= 4 is 21.8 Å². The molecule has 3 N–H and O–H groups in total. The van der Waals surface area contributed by atoms with Crippen LogP contribution in [0, 0.1) is 5.82 Å². The van der Waals surface area contributed by atoms with Gasteiger partial charge in [-0.1, -0.05) is 24.6 Å². The molecule has 0 aromatic heterocycles. The number of benzene rings is 2. The Balaban J connectivity index is 1.09. The Morgan fingerprint density at radius 2 is 1.80 bits per heavy atom. The molecular formula is C34H41F2N3O5S. The van der Waals surface area contributed by atoms with Gasteiger partial charge in [0.15, 0.2) is 0 Å². The average molecular weight is 642 g/mol. The maximum Gasteiger partial charge on any atom is 0.259 e. The number of alkyl halides is 1. The zero-order valence-electron chi connectivity index (χ0n) is 25.4. The molecule has 1 spiro atoms. The monoisotopic (exact) mass is 641 g/mol. The zero-order chi connectivity index (χ0) is 31.4. The van der Waals surface area contributed by atoms with E-state index in [1.54, 1.807) is 24.3 Å². The number of sulfonamides is 1. The molecule has 1 aliphatic heterocycles. The minimum atomic E-state index is -3.67. The lowest BCUT2D eigenvalue weighted by atomic mass is 9.74. The van der Waals surface area contributed by atoms with Gasteiger partial charge in [-0.25, -0.2) is 17.2 Å². The molecule has 11 heteroatoms. The van der Waals surface area contributed by atoms with Gasteiger partial charge in [-0.15, -0.1) is 0 Å². The second-order valence-electron chi connectivity index (χ2n) is 14.0. The van der Waals surface area contributed by atoms with Crippen LogP contribution in [0.2, 0.25) is 0 Å². The van der Waals surface area contributed by atoms with Crippen LogP contribution in [0.5, 0.6) is 5.75 Å². The topological polar surface area (TPSA) is 114 Å². The Hall–Kier alpha value is -3.05. The van der Waals surface area contributed by atoms with Gasteiger partial charge in [0, 0.05) is 36.5 Å². The molecule has 3 atom stereocenters. The van der Waals surface area contributed by atoms with Crippen molar-refractivity contribution in [3.8, 4) is 16.9 Å². The number of nitrogens with one attached hydrogen (secondary N) is 3. The number of rotatable bonds is 10. The van der Waals surface area contributed by atoms with Gasteiger partial charge in [0.1, 0.15) is 17.7 Å². The Kier molecular flexibility index (Phi) is 7.91. The summed E-state index contributed by atoms with van der Waals surface area (Å²) in [7, 11) is -3.67. The fraction of sp³-hybridized carbons (Fsp3) is 0.588. The standard InChI is InChI=1S/C34H41F2N3O5S/c35-28-7-2-6-26(31(28)22-4-1-5-22)27-16-21(17-30(40)39-45(42,43)25-11-12-25)8-13-29(27)44-24-10-9-23(18-24)38-32(41)34(36)19-33(37-20-34)14-3-15-33/h2,6-8,13,16,22-25,37H,1,3-5,9-12,14-15,17-20H2,(H,38,41)(H,39,40)/t23-,24-,34-/m1/s1. The molecule has 2 aromatic carbocycles. The number of carbonyl (C=O) groups excluding carboxylic acids is 2. The molecule has 8 nitrogen and oxygen atoms in total. The molecule has 45 heavy (non-hydrogen) atoms. The Morgan fingerprint density at radius 3 is 2.47 bits per heavy atom. The number of halogens is 2. The van der Waals surface area contributed by atoms with Crippen molar-refractivity contribution in [2.24, 2.45) is 0 Å². The first kappa shape index (κ1) is 30.6. The highest BCUT2D eigenvalue weighted by molar-refractivity contribution is 7.90. The molecule has 7 rings (SSSR count). The predicted octanol–water partition coefficient (Wildman–Crippen LogP) is 4.95. The maximum atomic E-state index is 15.6. The van der Waals surface area contributed by atoms with Crippen molar-refractivity contribution in [2.75, 3.05) is 6.54 Å². The van der Waals surface area contributed by atoms with Crippen molar-refractivity contribution in [1.82, 2.24) is 15.4 Å². The number of carbonyl (C=O) groups is 2. The summed E-state index contributed by atoms with van der Waals surface area (Å²) in [5.41, 5.74) is 0.432. The van der Waals surface area contributed by atoms with Crippen LogP contribution in [0.1, 0.15) is 94.1 Å². The lowest BCUT2D eigenvalue weighted by Gasteiger charge is -2.38. The van der Waals surface area contributed by atoms with E-state index < -0.39 is 32.8 Å². The van der Waals surface area contributed by atoms with Gasteiger partial charge < -0.3 is 15.4 Å². The molecule has 4 aliphatic carbocycles. The van der Waals surface area contributed by atoms with E-state index in [9.17, 15) is 18.0 Å². The summed E-state index contributed by atoms with van der Waals surface area (Å²) in [5.74, 6) is -0.826. The van der Waals surface area contributed by atoms with Crippen LogP contribution in [0.3, 0.4) is 0 Å². The van der Waals surface area contributed by atoms with Crippen LogP contribution in [-0.2, 0) is 26.0 Å². The fourth-order valence-electron chi connectivity index (χ4n) is 7.51. The molecule has 2 aromatic rings. The summed E-state index contributed by atoms with van der Waals surface area (Å²) in [6.45, 7) is 0.0443. The Bertz CT molecular complexity index is 1600. The molecule has 0 bridgehead atoms. The second-order valence-corrected chi connectivity index (χ2v) is 15.9. The van der Waals surface area contributed by atoms with Gasteiger partial charge >= 0.3 is 0 Å². The molecule has 4 saturated carbocycles. The van der Waals surface area contributed by atoms with E-state index in [-0.39, 0.29) is 48.8 Å². The van der Waals surface area contributed by atoms with Gasteiger partial charge in [-0.2, -0.15) is 0 Å².